The van der Waals surface area contributed by atoms with Gasteiger partial charge in [-0.25, -0.2) is 4.39 Å². The molecule has 1 fully saturated rings. The van der Waals surface area contributed by atoms with Gasteiger partial charge in [-0.15, -0.1) is 0 Å². The molecule has 0 saturated carbocycles. The van der Waals surface area contributed by atoms with Crippen LogP contribution in [-0.2, 0) is 23.4 Å². The first-order valence-corrected chi connectivity index (χ1v) is 9.53. The van der Waals surface area contributed by atoms with Crippen LogP contribution in [0.2, 0.25) is 0 Å². The Bertz CT molecular complexity index is 885. The fraction of sp³-hybridized carbons (Fsp3) is 0.409. The van der Waals surface area contributed by atoms with Crippen LogP contribution in [-0.4, -0.2) is 41.8 Å². The number of hydrogen-bond donors (Lipinski definition) is 1. The van der Waals surface area contributed by atoms with Gasteiger partial charge in [-0.1, -0.05) is 30.3 Å². The van der Waals surface area contributed by atoms with E-state index in [2.05, 4.69) is 52.5 Å². The molecule has 142 valence electrons. The summed E-state index contributed by atoms with van der Waals surface area (Å²) in [4.78, 5) is 2.38. The lowest BCUT2D eigenvalue weighted by Gasteiger charge is -2.41. The molecule has 2 aromatic carbocycles. The van der Waals surface area contributed by atoms with Crippen LogP contribution in [0.15, 0.2) is 48.7 Å². The fourth-order valence-corrected chi connectivity index (χ4v) is 4.10. The molecule has 3 aromatic rings. The van der Waals surface area contributed by atoms with Gasteiger partial charge in [-0.3, -0.25) is 5.10 Å². The second-order valence-corrected chi connectivity index (χ2v) is 7.67. The molecule has 2 heterocycles. The Balaban J connectivity index is 1.53. The Morgan fingerprint density at radius 2 is 1.96 bits per heavy atom. The van der Waals surface area contributed by atoms with E-state index < -0.39 is 6.67 Å². The number of fused-ring (bicyclic) bond motifs is 1. The number of halogens is 1. The number of ether oxygens (including phenoxy) is 1. The zero-order valence-electron chi connectivity index (χ0n) is 15.7. The van der Waals surface area contributed by atoms with Gasteiger partial charge in [-0.05, 0) is 56.2 Å². The van der Waals surface area contributed by atoms with Crippen molar-refractivity contribution in [3.63, 3.8) is 0 Å². The van der Waals surface area contributed by atoms with Crippen LogP contribution >= 0.6 is 0 Å². The van der Waals surface area contributed by atoms with E-state index in [1.54, 1.807) is 6.20 Å². The van der Waals surface area contributed by atoms with E-state index in [-0.39, 0.29) is 5.41 Å². The molecule has 0 amide bonds. The molecule has 5 heteroatoms. The van der Waals surface area contributed by atoms with Crippen molar-refractivity contribution >= 4 is 10.9 Å². The standard InChI is InChI=1S/C22H26FN3O/c1-26-9-7-22(8-10-26,20-5-3-2-4-6-20)16-27-15-19-12-17(13-23)11-18-14-24-25-21(18)19/h2-6,11-12,14H,7-10,13,15-16H2,1H3,(H,24,25). The third-order valence-electron chi connectivity index (χ3n) is 5.81. The second-order valence-electron chi connectivity index (χ2n) is 7.67. The highest BCUT2D eigenvalue weighted by atomic mass is 19.1. The molecule has 0 radical (unpaired) electrons. The van der Waals surface area contributed by atoms with Crippen LogP contribution in [0.5, 0.6) is 0 Å². The maximum Gasteiger partial charge on any atom is 0.115 e. The van der Waals surface area contributed by atoms with E-state index in [0.29, 0.717) is 18.8 Å². The number of nitrogens with one attached hydrogen (secondary N) is 1. The van der Waals surface area contributed by atoms with Crippen molar-refractivity contribution in [1.82, 2.24) is 15.1 Å². The number of rotatable bonds is 6. The van der Waals surface area contributed by atoms with Gasteiger partial charge < -0.3 is 9.64 Å². The normalized spacial score (nSPS) is 17.4. The SMILES string of the molecule is CN1CCC(COCc2cc(CF)cc3cn[nH]c23)(c2ccccc2)CC1. The molecule has 0 atom stereocenters. The molecule has 1 aromatic heterocycles. The van der Waals surface area contributed by atoms with Crippen molar-refractivity contribution in [2.24, 2.45) is 0 Å². The van der Waals surface area contributed by atoms with Gasteiger partial charge in [0.15, 0.2) is 0 Å². The number of benzene rings is 2. The van der Waals surface area contributed by atoms with Gasteiger partial charge in [0.25, 0.3) is 0 Å². The minimum Gasteiger partial charge on any atom is -0.376 e. The Morgan fingerprint density at radius 1 is 1.19 bits per heavy atom. The fourth-order valence-electron chi connectivity index (χ4n) is 4.10. The maximum atomic E-state index is 13.2. The quantitative estimate of drug-likeness (QED) is 0.709. The number of nitrogens with zero attached hydrogens (tertiary/aromatic N) is 2. The summed E-state index contributed by atoms with van der Waals surface area (Å²) in [7, 11) is 2.17. The molecule has 0 aliphatic carbocycles. The lowest BCUT2D eigenvalue weighted by atomic mass is 9.73. The van der Waals surface area contributed by atoms with E-state index >= 15 is 0 Å². The lowest BCUT2D eigenvalue weighted by Crippen LogP contribution is -2.43. The predicted octanol–water partition coefficient (Wildman–Crippen LogP) is 4.21. The summed E-state index contributed by atoms with van der Waals surface area (Å²) in [5.74, 6) is 0. The van der Waals surface area contributed by atoms with E-state index in [0.717, 1.165) is 42.4 Å². The van der Waals surface area contributed by atoms with Gasteiger partial charge in [0, 0.05) is 16.4 Å². The maximum absolute atomic E-state index is 13.2. The van der Waals surface area contributed by atoms with Crippen molar-refractivity contribution in [2.75, 3.05) is 26.7 Å². The van der Waals surface area contributed by atoms with Crippen molar-refractivity contribution in [2.45, 2.75) is 31.5 Å². The number of hydrogen-bond acceptors (Lipinski definition) is 3. The number of H-pyrrole nitrogens is 1. The van der Waals surface area contributed by atoms with Crippen LogP contribution in [0.1, 0.15) is 29.5 Å². The average molecular weight is 367 g/mol. The van der Waals surface area contributed by atoms with E-state index in [1.165, 1.54) is 5.56 Å². The summed E-state index contributed by atoms with van der Waals surface area (Å²) in [5.41, 5.74) is 3.96. The topological polar surface area (TPSA) is 41.1 Å². The summed E-state index contributed by atoms with van der Waals surface area (Å²) < 4.78 is 19.4. The molecular formula is C22H26FN3O. The average Bonchev–Trinajstić information content (AvgIpc) is 3.19. The number of alkyl halides is 1. The highest BCUT2D eigenvalue weighted by molar-refractivity contribution is 5.82. The summed E-state index contributed by atoms with van der Waals surface area (Å²) >= 11 is 0. The molecule has 0 unspecified atom stereocenters. The van der Waals surface area contributed by atoms with Crippen molar-refractivity contribution in [3.05, 3.63) is 65.4 Å². The van der Waals surface area contributed by atoms with Gasteiger partial charge in [0.05, 0.1) is 24.9 Å². The van der Waals surface area contributed by atoms with Gasteiger partial charge in [0.1, 0.15) is 6.67 Å². The molecule has 1 N–H and O–H groups in total. The first kappa shape index (κ1) is 18.1. The molecule has 0 spiro atoms. The number of piperidine rings is 1. The van der Waals surface area contributed by atoms with Crippen molar-refractivity contribution in [1.29, 1.82) is 0 Å². The Labute approximate surface area is 159 Å². The third kappa shape index (κ3) is 3.75. The summed E-state index contributed by atoms with van der Waals surface area (Å²) in [6.07, 6.45) is 3.90. The smallest absolute Gasteiger partial charge is 0.115 e. The first-order valence-electron chi connectivity index (χ1n) is 9.53. The van der Waals surface area contributed by atoms with Crippen LogP contribution in [0.4, 0.5) is 4.39 Å². The van der Waals surface area contributed by atoms with Crippen molar-refractivity contribution in [3.8, 4) is 0 Å². The van der Waals surface area contributed by atoms with E-state index in [9.17, 15) is 4.39 Å². The Morgan fingerprint density at radius 3 is 2.70 bits per heavy atom. The number of aromatic nitrogens is 2. The molecule has 1 saturated heterocycles. The molecule has 1 aliphatic heterocycles. The minimum atomic E-state index is -0.478. The second kappa shape index (κ2) is 7.79. The monoisotopic (exact) mass is 367 g/mol. The minimum absolute atomic E-state index is 0.0402. The molecule has 27 heavy (non-hydrogen) atoms. The first-order chi connectivity index (χ1) is 13.2. The summed E-state index contributed by atoms with van der Waals surface area (Å²) in [6.45, 7) is 2.78. The van der Waals surface area contributed by atoms with E-state index in [4.69, 9.17) is 4.74 Å². The molecular weight excluding hydrogens is 341 g/mol. The highest BCUT2D eigenvalue weighted by Crippen LogP contribution is 2.36. The van der Waals surface area contributed by atoms with Crippen LogP contribution < -0.4 is 0 Å². The molecule has 4 rings (SSSR count). The zero-order chi connectivity index (χ0) is 18.7. The van der Waals surface area contributed by atoms with Crippen LogP contribution in [0, 0.1) is 0 Å². The summed E-state index contributed by atoms with van der Waals surface area (Å²) in [5, 5.41) is 8.04. The Kier molecular flexibility index (Phi) is 5.23. The van der Waals surface area contributed by atoms with Crippen LogP contribution in [0.3, 0.4) is 0 Å². The largest absolute Gasteiger partial charge is 0.376 e. The van der Waals surface area contributed by atoms with Gasteiger partial charge >= 0.3 is 0 Å². The van der Waals surface area contributed by atoms with Crippen LogP contribution in [0.25, 0.3) is 10.9 Å². The molecule has 0 bridgehead atoms. The number of likely N-dealkylation sites (tertiary alicyclic amines) is 1. The third-order valence-corrected chi connectivity index (χ3v) is 5.81. The van der Waals surface area contributed by atoms with Crippen molar-refractivity contribution < 1.29 is 9.13 Å². The van der Waals surface area contributed by atoms with Gasteiger partial charge in [0.2, 0.25) is 0 Å². The molecule has 1 aliphatic rings. The lowest BCUT2D eigenvalue weighted by molar-refractivity contribution is 0.0411. The summed E-state index contributed by atoms with van der Waals surface area (Å²) in [6, 6.07) is 14.4. The van der Waals surface area contributed by atoms with E-state index in [1.807, 2.05) is 12.1 Å². The zero-order valence-corrected chi connectivity index (χ0v) is 15.7. The Hall–Kier alpha value is -2.24. The predicted molar refractivity (Wildman–Crippen MR) is 105 cm³/mol. The van der Waals surface area contributed by atoms with Gasteiger partial charge in [-0.2, -0.15) is 5.10 Å². The number of aromatic amines is 1. The highest BCUT2D eigenvalue weighted by Gasteiger charge is 2.35. The molecule has 4 nitrogen and oxygen atoms in total.